The number of alkyl halides is 5. The molecular weight excluding hydrogens is 299 g/mol. The van der Waals surface area contributed by atoms with E-state index in [1.807, 2.05) is 0 Å². The van der Waals surface area contributed by atoms with E-state index in [9.17, 15) is 36.9 Å². The highest BCUT2D eigenvalue weighted by Crippen LogP contribution is 2.34. The number of hydrogen-bond acceptors (Lipinski definition) is 5. The molecule has 20 heavy (non-hydrogen) atoms. The number of ether oxygens (including phenoxy) is 1. The van der Waals surface area contributed by atoms with Crippen molar-refractivity contribution in [3.63, 3.8) is 0 Å². The van der Waals surface area contributed by atoms with E-state index in [1.54, 1.807) is 0 Å². The molecule has 110 valence electrons. The lowest BCUT2D eigenvalue weighted by atomic mass is 10.2. The summed E-state index contributed by atoms with van der Waals surface area (Å²) in [5, 5.41) is 19.1. The number of nitrogens with zero attached hydrogens (tertiary/aromatic N) is 2. The van der Waals surface area contributed by atoms with Gasteiger partial charge in [0.25, 0.3) is 6.43 Å². The van der Waals surface area contributed by atoms with Crippen molar-refractivity contribution in [3.05, 3.63) is 27.4 Å². The summed E-state index contributed by atoms with van der Waals surface area (Å²) in [6.07, 6.45) is -8.97. The van der Waals surface area contributed by atoms with Crippen molar-refractivity contribution in [2.75, 3.05) is 0 Å². The van der Waals surface area contributed by atoms with Gasteiger partial charge in [-0.3, -0.25) is 10.1 Å². The van der Waals surface area contributed by atoms with Gasteiger partial charge in [0.2, 0.25) is 0 Å². The topological polar surface area (TPSA) is 103 Å². The lowest BCUT2D eigenvalue weighted by Crippen LogP contribution is -2.20. The molecule has 0 atom stereocenters. The van der Waals surface area contributed by atoms with E-state index in [0.717, 1.165) is 0 Å². The first-order valence-electron chi connectivity index (χ1n) is 4.49. The summed E-state index contributed by atoms with van der Waals surface area (Å²) < 4.78 is 64.1. The maximum Gasteiger partial charge on any atom is 0.574 e. The number of carboxylic acids is 1. The van der Waals surface area contributed by atoms with Crippen LogP contribution in [-0.4, -0.2) is 27.3 Å². The standard InChI is InChI=1S/C8H3F5N2O5/c9-5(10)4-2(7(16)17)1-3(15(18)19)6(14-4)20-8(11,12)13/h1,5H,(H,16,17). The maximum atomic E-state index is 12.5. The third kappa shape index (κ3) is 3.49. The molecular formula is C8H3F5N2O5. The van der Waals surface area contributed by atoms with Gasteiger partial charge in [0, 0.05) is 6.07 Å². The molecule has 0 bridgehead atoms. The number of nitro groups is 1. The molecule has 1 heterocycles. The van der Waals surface area contributed by atoms with Gasteiger partial charge in [-0.15, -0.1) is 13.2 Å². The number of carboxylic acid groups (broad SMARTS) is 1. The Morgan fingerprint density at radius 3 is 2.35 bits per heavy atom. The molecule has 7 nitrogen and oxygen atoms in total. The highest BCUT2D eigenvalue weighted by atomic mass is 19.4. The summed E-state index contributed by atoms with van der Waals surface area (Å²) in [7, 11) is 0. The summed E-state index contributed by atoms with van der Waals surface area (Å²) in [5.41, 5.74) is -4.35. The van der Waals surface area contributed by atoms with Crippen LogP contribution in [0.4, 0.5) is 27.6 Å². The zero-order chi connectivity index (χ0) is 15.7. The minimum absolute atomic E-state index is 0.0257. The van der Waals surface area contributed by atoms with E-state index in [0.29, 0.717) is 0 Å². The molecule has 0 saturated carbocycles. The van der Waals surface area contributed by atoms with Crippen molar-refractivity contribution < 1.29 is 41.5 Å². The van der Waals surface area contributed by atoms with Crippen molar-refractivity contribution in [1.29, 1.82) is 0 Å². The highest BCUT2D eigenvalue weighted by Gasteiger charge is 2.37. The molecule has 1 N–H and O–H groups in total. The van der Waals surface area contributed by atoms with E-state index in [1.165, 1.54) is 0 Å². The molecule has 0 amide bonds. The first-order valence-corrected chi connectivity index (χ1v) is 4.49. The first-order chi connectivity index (χ1) is 9.03. The van der Waals surface area contributed by atoms with Crippen LogP contribution in [0.3, 0.4) is 0 Å². The Hall–Kier alpha value is -2.53. The number of aromatic nitrogens is 1. The van der Waals surface area contributed by atoms with Crippen molar-refractivity contribution in [2.45, 2.75) is 12.8 Å². The van der Waals surface area contributed by atoms with Crippen LogP contribution in [0.1, 0.15) is 22.5 Å². The van der Waals surface area contributed by atoms with Gasteiger partial charge < -0.3 is 9.84 Å². The summed E-state index contributed by atoms with van der Waals surface area (Å²) in [6.45, 7) is 0. The Kier molecular flexibility index (Phi) is 4.06. The molecule has 0 spiro atoms. The molecule has 12 heteroatoms. The Morgan fingerprint density at radius 2 is 2.00 bits per heavy atom. The number of aromatic carboxylic acids is 1. The molecule has 0 fully saturated rings. The van der Waals surface area contributed by atoms with Gasteiger partial charge in [0.15, 0.2) is 0 Å². The molecule has 0 aliphatic heterocycles. The normalized spacial score (nSPS) is 11.5. The van der Waals surface area contributed by atoms with Crippen molar-refractivity contribution >= 4 is 11.7 Å². The summed E-state index contributed by atoms with van der Waals surface area (Å²) in [6, 6.07) is 0.0257. The van der Waals surface area contributed by atoms with Crippen LogP contribution in [0, 0.1) is 10.1 Å². The van der Waals surface area contributed by atoms with Crippen LogP contribution in [0.5, 0.6) is 5.88 Å². The minimum atomic E-state index is -5.41. The monoisotopic (exact) mass is 302 g/mol. The highest BCUT2D eigenvalue weighted by molar-refractivity contribution is 5.90. The second-order valence-electron chi connectivity index (χ2n) is 3.16. The molecule has 0 aromatic carbocycles. The fourth-order valence-electron chi connectivity index (χ4n) is 1.15. The quantitative estimate of drug-likeness (QED) is 0.521. The number of carbonyl (C=O) groups is 1. The molecule has 0 radical (unpaired) electrons. The lowest BCUT2D eigenvalue weighted by molar-refractivity contribution is -0.389. The third-order valence-corrected chi connectivity index (χ3v) is 1.84. The number of rotatable bonds is 4. The van der Waals surface area contributed by atoms with Gasteiger partial charge >= 0.3 is 23.9 Å². The van der Waals surface area contributed by atoms with E-state index in [4.69, 9.17) is 5.11 Å². The molecule has 0 saturated heterocycles. The van der Waals surface area contributed by atoms with Gasteiger partial charge in [0.05, 0.1) is 10.5 Å². The van der Waals surface area contributed by atoms with E-state index in [-0.39, 0.29) is 6.07 Å². The number of pyridine rings is 1. The Balaban J connectivity index is 3.53. The van der Waals surface area contributed by atoms with Crippen LogP contribution < -0.4 is 4.74 Å². The zero-order valence-corrected chi connectivity index (χ0v) is 9.02. The SMILES string of the molecule is O=C(O)c1cc([N+](=O)[O-])c(OC(F)(F)F)nc1C(F)F. The van der Waals surface area contributed by atoms with Crippen LogP contribution in [-0.2, 0) is 0 Å². The summed E-state index contributed by atoms with van der Waals surface area (Å²) >= 11 is 0. The lowest BCUT2D eigenvalue weighted by Gasteiger charge is -2.11. The fraction of sp³-hybridized carbons (Fsp3) is 0.250. The fourth-order valence-corrected chi connectivity index (χ4v) is 1.15. The smallest absolute Gasteiger partial charge is 0.478 e. The average Bonchev–Trinajstić information content (AvgIpc) is 2.25. The van der Waals surface area contributed by atoms with Gasteiger partial charge in [-0.05, 0) is 0 Å². The van der Waals surface area contributed by atoms with Gasteiger partial charge in [-0.25, -0.2) is 18.6 Å². The average molecular weight is 302 g/mol. The zero-order valence-electron chi connectivity index (χ0n) is 9.02. The Bertz CT molecular complexity index is 559. The van der Waals surface area contributed by atoms with Crippen LogP contribution in [0.2, 0.25) is 0 Å². The molecule has 0 aliphatic carbocycles. The van der Waals surface area contributed by atoms with Crippen molar-refractivity contribution in [3.8, 4) is 5.88 Å². The van der Waals surface area contributed by atoms with Crippen LogP contribution >= 0.6 is 0 Å². The first kappa shape index (κ1) is 15.5. The molecule has 1 rings (SSSR count). The van der Waals surface area contributed by atoms with Gasteiger partial charge in [-0.2, -0.15) is 0 Å². The predicted octanol–water partition coefficient (Wildman–Crippen LogP) is 2.52. The molecule has 1 aromatic rings. The Morgan fingerprint density at radius 1 is 1.45 bits per heavy atom. The largest absolute Gasteiger partial charge is 0.574 e. The van der Waals surface area contributed by atoms with E-state index >= 15 is 0 Å². The van der Waals surface area contributed by atoms with Gasteiger partial charge in [0.1, 0.15) is 5.69 Å². The van der Waals surface area contributed by atoms with E-state index in [2.05, 4.69) is 9.72 Å². The second-order valence-corrected chi connectivity index (χ2v) is 3.16. The third-order valence-electron chi connectivity index (χ3n) is 1.84. The maximum absolute atomic E-state index is 12.5. The van der Waals surface area contributed by atoms with Crippen molar-refractivity contribution in [1.82, 2.24) is 4.98 Å². The van der Waals surface area contributed by atoms with E-state index < -0.39 is 46.5 Å². The van der Waals surface area contributed by atoms with Gasteiger partial charge in [-0.1, -0.05) is 0 Å². The predicted molar refractivity (Wildman–Crippen MR) is 49.5 cm³/mol. The molecule has 1 aromatic heterocycles. The van der Waals surface area contributed by atoms with Crippen LogP contribution in [0.25, 0.3) is 0 Å². The molecule has 0 aliphatic rings. The minimum Gasteiger partial charge on any atom is -0.478 e. The number of hydrogen-bond donors (Lipinski definition) is 1. The summed E-state index contributed by atoms with van der Waals surface area (Å²) in [5.74, 6) is -3.77. The summed E-state index contributed by atoms with van der Waals surface area (Å²) in [4.78, 5) is 22.3. The molecule has 0 unspecified atom stereocenters. The number of halogens is 5. The van der Waals surface area contributed by atoms with Crippen molar-refractivity contribution in [2.24, 2.45) is 0 Å². The second kappa shape index (κ2) is 5.22. The Labute approximate surface area is 105 Å². The van der Waals surface area contributed by atoms with Crippen LogP contribution in [0.15, 0.2) is 6.07 Å².